The number of hydrogen-bond acceptors (Lipinski definition) is 8. The number of rotatable bonds is 8. The SMILES string of the molecule is CSc1cc(OCC(=O)CO)cc(C(=O)C2Oc3ccc(CN)cc3C23CCNCC3)c1. The number of carbonyl (C=O) groups excluding carboxylic acids is 2. The molecule has 4 N–H and O–H groups in total. The first-order valence-corrected chi connectivity index (χ1v) is 11.9. The number of aliphatic hydroxyl groups excluding tert-OH is 1. The first-order chi connectivity index (χ1) is 15.5. The summed E-state index contributed by atoms with van der Waals surface area (Å²) in [6.07, 6.45) is 2.86. The summed E-state index contributed by atoms with van der Waals surface area (Å²) >= 11 is 1.49. The second kappa shape index (κ2) is 9.62. The Bertz CT molecular complexity index is 1020. The van der Waals surface area contributed by atoms with Gasteiger partial charge in [-0.2, -0.15) is 0 Å². The number of benzene rings is 2. The fraction of sp³-hybridized carbons (Fsp3) is 0.417. The van der Waals surface area contributed by atoms with Crippen molar-refractivity contribution < 1.29 is 24.2 Å². The van der Waals surface area contributed by atoms with Crippen LogP contribution < -0.4 is 20.5 Å². The molecule has 1 fully saturated rings. The van der Waals surface area contributed by atoms with Crippen molar-refractivity contribution in [3.63, 3.8) is 0 Å². The van der Waals surface area contributed by atoms with Gasteiger partial charge in [0.05, 0.1) is 0 Å². The number of aliphatic hydroxyl groups is 1. The molecule has 8 heteroatoms. The van der Waals surface area contributed by atoms with Gasteiger partial charge in [-0.05, 0) is 62.0 Å². The Morgan fingerprint density at radius 1 is 1.25 bits per heavy atom. The van der Waals surface area contributed by atoms with Gasteiger partial charge in [-0.25, -0.2) is 0 Å². The third-order valence-corrected chi connectivity index (χ3v) is 6.98. The molecule has 0 radical (unpaired) electrons. The highest BCUT2D eigenvalue weighted by Crippen LogP contribution is 2.49. The fourth-order valence-electron chi connectivity index (χ4n) is 4.56. The molecule has 2 aromatic carbocycles. The van der Waals surface area contributed by atoms with E-state index in [-0.39, 0.29) is 12.4 Å². The maximum Gasteiger partial charge on any atom is 0.204 e. The van der Waals surface area contributed by atoms with E-state index in [4.69, 9.17) is 20.3 Å². The van der Waals surface area contributed by atoms with Crippen molar-refractivity contribution in [3.05, 3.63) is 53.1 Å². The van der Waals surface area contributed by atoms with E-state index in [0.717, 1.165) is 47.7 Å². The molecule has 32 heavy (non-hydrogen) atoms. The lowest BCUT2D eigenvalue weighted by Gasteiger charge is -2.37. The van der Waals surface area contributed by atoms with Crippen LogP contribution in [0.2, 0.25) is 0 Å². The normalized spacial score (nSPS) is 18.8. The van der Waals surface area contributed by atoms with Crippen molar-refractivity contribution in [1.82, 2.24) is 5.32 Å². The highest BCUT2D eigenvalue weighted by Gasteiger charge is 2.52. The molecule has 1 saturated heterocycles. The maximum atomic E-state index is 13.8. The lowest BCUT2D eigenvalue weighted by molar-refractivity contribution is -0.123. The molecular weight excluding hydrogens is 428 g/mol. The molecule has 0 amide bonds. The smallest absolute Gasteiger partial charge is 0.204 e. The number of piperidine rings is 1. The summed E-state index contributed by atoms with van der Waals surface area (Å²) in [5, 5.41) is 12.3. The van der Waals surface area contributed by atoms with Crippen LogP contribution in [0.1, 0.15) is 34.3 Å². The first-order valence-electron chi connectivity index (χ1n) is 10.7. The number of hydrogen-bond donors (Lipinski definition) is 3. The standard InChI is InChI=1S/C24H28N2O5S/c1-32-19-10-16(9-18(11-19)30-14-17(28)13-27)22(29)23-24(4-6-26-7-5-24)20-8-15(12-25)2-3-21(20)31-23/h2-3,8-11,23,26-27H,4-7,12-14,25H2,1H3. The van der Waals surface area contributed by atoms with Gasteiger partial charge in [-0.3, -0.25) is 9.59 Å². The van der Waals surface area contributed by atoms with Crippen LogP contribution in [-0.2, 0) is 16.8 Å². The van der Waals surface area contributed by atoms with Crippen LogP contribution >= 0.6 is 11.8 Å². The summed E-state index contributed by atoms with van der Waals surface area (Å²) in [5.74, 6) is 0.633. The summed E-state index contributed by atoms with van der Waals surface area (Å²) in [7, 11) is 0. The Morgan fingerprint density at radius 2 is 2.03 bits per heavy atom. The van der Waals surface area contributed by atoms with Crippen LogP contribution in [0.5, 0.6) is 11.5 Å². The summed E-state index contributed by atoms with van der Waals surface area (Å²) in [6.45, 7) is 1.22. The quantitative estimate of drug-likeness (QED) is 0.409. The maximum absolute atomic E-state index is 13.8. The lowest BCUT2D eigenvalue weighted by atomic mass is 9.68. The van der Waals surface area contributed by atoms with Gasteiger partial charge in [-0.15, -0.1) is 11.8 Å². The Kier molecular flexibility index (Phi) is 6.85. The number of nitrogens with one attached hydrogen (secondary N) is 1. The van der Waals surface area contributed by atoms with E-state index in [2.05, 4.69) is 11.4 Å². The Morgan fingerprint density at radius 3 is 2.72 bits per heavy atom. The Hall–Kier alpha value is -2.39. The van der Waals surface area contributed by atoms with Crippen LogP contribution in [0.25, 0.3) is 0 Å². The third-order valence-electron chi connectivity index (χ3n) is 6.27. The number of fused-ring (bicyclic) bond motifs is 2. The molecule has 170 valence electrons. The largest absolute Gasteiger partial charge is 0.486 e. The molecule has 1 unspecified atom stereocenters. The fourth-order valence-corrected chi connectivity index (χ4v) is 5.04. The van der Waals surface area contributed by atoms with Gasteiger partial charge < -0.3 is 25.6 Å². The van der Waals surface area contributed by atoms with E-state index < -0.39 is 23.9 Å². The average Bonchev–Trinajstić information content (AvgIpc) is 3.14. The summed E-state index contributed by atoms with van der Waals surface area (Å²) in [5.41, 5.74) is 8.04. The topological polar surface area (TPSA) is 111 Å². The molecule has 1 atom stereocenters. The molecule has 2 aliphatic heterocycles. The number of carbonyl (C=O) groups is 2. The molecule has 0 saturated carbocycles. The Labute approximate surface area is 191 Å². The predicted molar refractivity (Wildman–Crippen MR) is 123 cm³/mol. The van der Waals surface area contributed by atoms with E-state index >= 15 is 0 Å². The van der Waals surface area contributed by atoms with Crippen molar-refractivity contribution in [3.8, 4) is 11.5 Å². The van der Waals surface area contributed by atoms with Crippen LogP contribution in [0.4, 0.5) is 0 Å². The molecule has 4 rings (SSSR count). The molecule has 0 aromatic heterocycles. The first kappa shape index (κ1) is 22.8. The van der Waals surface area contributed by atoms with Crippen LogP contribution in [-0.4, -0.2) is 55.3 Å². The molecule has 7 nitrogen and oxygen atoms in total. The molecular formula is C24H28N2O5S. The molecule has 2 heterocycles. The predicted octanol–water partition coefficient (Wildman–Crippen LogP) is 2.07. The van der Waals surface area contributed by atoms with Crippen LogP contribution in [0.3, 0.4) is 0 Å². The number of Topliss-reactive ketones (excluding diaryl/α,β-unsaturated/α-hetero) is 2. The van der Waals surface area contributed by atoms with Gasteiger partial charge in [0.25, 0.3) is 0 Å². The van der Waals surface area contributed by atoms with Gasteiger partial charge in [0.15, 0.2) is 11.9 Å². The third kappa shape index (κ3) is 4.28. The van der Waals surface area contributed by atoms with Crippen molar-refractivity contribution >= 4 is 23.3 Å². The molecule has 2 aromatic rings. The number of nitrogens with two attached hydrogens (primary N) is 1. The summed E-state index contributed by atoms with van der Waals surface area (Å²) in [4.78, 5) is 26.1. The minimum Gasteiger partial charge on any atom is -0.486 e. The van der Waals surface area contributed by atoms with E-state index in [0.29, 0.717) is 17.9 Å². The van der Waals surface area contributed by atoms with Crippen LogP contribution in [0.15, 0.2) is 41.3 Å². The van der Waals surface area contributed by atoms with Crippen molar-refractivity contribution in [2.75, 3.05) is 32.6 Å². The zero-order chi connectivity index (χ0) is 22.7. The zero-order valence-corrected chi connectivity index (χ0v) is 18.9. The second-order valence-corrected chi connectivity index (χ2v) is 9.07. The monoisotopic (exact) mass is 456 g/mol. The molecule has 0 bridgehead atoms. The van der Waals surface area contributed by atoms with Gasteiger partial charge in [0, 0.05) is 28.0 Å². The minimum absolute atomic E-state index is 0.105. The van der Waals surface area contributed by atoms with Gasteiger partial charge in [0.2, 0.25) is 5.78 Å². The average molecular weight is 457 g/mol. The van der Waals surface area contributed by atoms with Gasteiger partial charge in [-0.1, -0.05) is 12.1 Å². The molecule has 2 aliphatic rings. The van der Waals surface area contributed by atoms with E-state index in [1.807, 2.05) is 24.5 Å². The lowest BCUT2D eigenvalue weighted by Crippen LogP contribution is -2.50. The van der Waals surface area contributed by atoms with E-state index in [9.17, 15) is 9.59 Å². The van der Waals surface area contributed by atoms with Crippen molar-refractivity contribution in [2.24, 2.45) is 5.73 Å². The van der Waals surface area contributed by atoms with E-state index in [1.165, 1.54) is 11.8 Å². The Balaban J connectivity index is 1.69. The minimum atomic E-state index is -0.642. The molecule has 1 spiro atoms. The van der Waals surface area contributed by atoms with Crippen molar-refractivity contribution in [2.45, 2.75) is 35.8 Å². The van der Waals surface area contributed by atoms with E-state index in [1.54, 1.807) is 12.1 Å². The highest BCUT2D eigenvalue weighted by atomic mass is 32.2. The highest BCUT2D eigenvalue weighted by molar-refractivity contribution is 7.98. The number of thioether (sulfide) groups is 1. The zero-order valence-electron chi connectivity index (χ0n) is 18.1. The summed E-state index contributed by atoms with van der Waals surface area (Å²) in [6, 6.07) is 11.2. The van der Waals surface area contributed by atoms with Crippen molar-refractivity contribution in [1.29, 1.82) is 0 Å². The molecule has 0 aliphatic carbocycles. The second-order valence-electron chi connectivity index (χ2n) is 8.19. The number of ketones is 2. The number of ether oxygens (including phenoxy) is 2. The summed E-state index contributed by atoms with van der Waals surface area (Å²) < 4.78 is 11.8. The van der Waals surface area contributed by atoms with Gasteiger partial charge in [0.1, 0.15) is 24.7 Å². The van der Waals surface area contributed by atoms with Gasteiger partial charge >= 0.3 is 0 Å². The van der Waals surface area contributed by atoms with Crippen LogP contribution in [0, 0.1) is 0 Å².